The first kappa shape index (κ1) is 12.6. The van der Waals surface area contributed by atoms with Gasteiger partial charge in [-0.3, -0.25) is 4.98 Å². The van der Waals surface area contributed by atoms with E-state index in [2.05, 4.69) is 38.9 Å². The van der Waals surface area contributed by atoms with Gasteiger partial charge in [0.25, 0.3) is 0 Å². The summed E-state index contributed by atoms with van der Waals surface area (Å²) < 4.78 is 2.59. The Kier molecular flexibility index (Phi) is 3.38. The molecule has 2 aliphatic rings. The molecule has 0 saturated carbocycles. The van der Waals surface area contributed by atoms with E-state index in [1.807, 2.05) is 24.3 Å². The monoisotopic (exact) mass is 285 g/mol. The molecule has 1 N–H and O–H groups in total. The van der Waals surface area contributed by atoms with Gasteiger partial charge in [0.1, 0.15) is 0 Å². The number of nitrogens with zero attached hydrogens (tertiary/aromatic N) is 2. The summed E-state index contributed by atoms with van der Waals surface area (Å²) in [5.41, 5.74) is 0. The van der Waals surface area contributed by atoms with Crippen LogP contribution in [0.15, 0.2) is 41.6 Å². The lowest BCUT2D eigenvalue weighted by Gasteiger charge is -2.31. The molecule has 2 aromatic rings. The molecule has 3 heterocycles. The summed E-state index contributed by atoms with van der Waals surface area (Å²) in [4.78, 5) is 5.58. The SMILES string of the molecule is c1cc(SN2CCC3NCCCC32)c2ccncc2c1. The molecule has 2 saturated heterocycles. The molecule has 0 spiro atoms. The van der Waals surface area contributed by atoms with Crippen LogP contribution in [-0.4, -0.2) is 34.5 Å². The van der Waals surface area contributed by atoms with Crippen LogP contribution >= 0.6 is 11.9 Å². The highest BCUT2D eigenvalue weighted by Crippen LogP contribution is 2.37. The summed E-state index contributed by atoms with van der Waals surface area (Å²) in [6, 6.07) is 10.0. The fourth-order valence-electron chi connectivity index (χ4n) is 3.42. The number of pyridine rings is 1. The molecule has 0 bridgehead atoms. The predicted molar refractivity (Wildman–Crippen MR) is 83.7 cm³/mol. The molecule has 1 aromatic carbocycles. The summed E-state index contributed by atoms with van der Waals surface area (Å²) in [5, 5.41) is 6.22. The zero-order chi connectivity index (χ0) is 13.4. The van der Waals surface area contributed by atoms with Crippen molar-refractivity contribution in [3.63, 3.8) is 0 Å². The number of nitrogens with one attached hydrogen (secondary N) is 1. The first-order chi connectivity index (χ1) is 9.92. The fraction of sp³-hybridized carbons (Fsp3) is 0.438. The van der Waals surface area contributed by atoms with Crippen LogP contribution in [0.5, 0.6) is 0 Å². The molecule has 3 nitrogen and oxygen atoms in total. The number of hydrogen-bond acceptors (Lipinski definition) is 4. The molecule has 104 valence electrons. The molecular weight excluding hydrogens is 266 g/mol. The van der Waals surface area contributed by atoms with Crippen molar-refractivity contribution in [1.82, 2.24) is 14.6 Å². The van der Waals surface area contributed by atoms with E-state index in [1.165, 1.54) is 48.0 Å². The number of fused-ring (bicyclic) bond motifs is 2. The molecule has 2 aliphatic heterocycles. The van der Waals surface area contributed by atoms with Gasteiger partial charge in [0.2, 0.25) is 0 Å². The second-order valence-electron chi connectivity index (χ2n) is 5.64. The number of piperidine rings is 1. The highest BCUT2D eigenvalue weighted by atomic mass is 32.2. The van der Waals surface area contributed by atoms with E-state index in [9.17, 15) is 0 Å². The summed E-state index contributed by atoms with van der Waals surface area (Å²) in [7, 11) is 0. The Bertz CT molecular complexity index is 610. The van der Waals surface area contributed by atoms with E-state index in [-0.39, 0.29) is 0 Å². The zero-order valence-electron chi connectivity index (χ0n) is 11.5. The van der Waals surface area contributed by atoms with Crippen LogP contribution in [-0.2, 0) is 0 Å². The summed E-state index contributed by atoms with van der Waals surface area (Å²) in [6.07, 6.45) is 7.76. The average Bonchev–Trinajstić information content (AvgIpc) is 2.91. The third-order valence-electron chi connectivity index (χ3n) is 4.43. The maximum absolute atomic E-state index is 4.22. The zero-order valence-corrected chi connectivity index (χ0v) is 12.3. The largest absolute Gasteiger partial charge is 0.312 e. The molecule has 20 heavy (non-hydrogen) atoms. The van der Waals surface area contributed by atoms with Crippen LogP contribution in [0.2, 0.25) is 0 Å². The van der Waals surface area contributed by atoms with Crippen molar-refractivity contribution in [3.8, 4) is 0 Å². The van der Waals surface area contributed by atoms with Crippen molar-refractivity contribution in [2.75, 3.05) is 13.1 Å². The van der Waals surface area contributed by atoms with Crippen molar-refractivity contribution in [2.45, 2.75) is 36.2 Å². The van der Waals surface area contributed by atoms with Crippen molar-refractivity contribution >= 4 is 22.7 Å². The van der Waals surface area contributed by atoms with Crippen molar-refractivity contribution < 1.29 is 0 Å². The molecule has 2 atom stereocenters. The Morgan fingerprint density at radius 2 is 2.25 bits per heavy atom. The Morgan fingerprint density at radius 3 is 3.25 bits per heavy atom. The molecule has 2 unspecified atom stereocenters. The van der Waals surface area contributed by atoms with Crippen molar-refractivity contribution in [3.05, 3.63) is 36.7 Å². The first-order valence-electron chi connectivity index (χ1n) is 7.42. The van der Waals surface area contributed by atoms with Gasteiger partial charge >= 0.3 is 0 Å². The van der Waals surface area contributed by atoms with Gasteiger partial charge in [-0.15, -0.1) is 0 Å². The second-order valence-corrected chi connectivity index (χ2v) is 6.74. The third kappa shape index (κ3) is 2.22. The van der Waals surface area contributed by atoms with Gasteiger partial charge in [-0.25, -0.2) is 4.31 Å². The van der Waals surface area contributed by atoms with Gasteiger partial charge in [0.05, 0.1) is 0 Å². The molecule has 1 aromatic heterocycles. The van der Waals surface area contributed by atoms with Crippen LogP contribution in [0.25, 0.3) is 10.8 Å². The molecule has 0 amide bonds. The van der Waals surface area contributed by atoms with Crippen LogP contribution in [0.3, 0.4) is 0 Å². The lowest BCUT2D eigenvalue weighted by atomic mass is 10.0. The number of benzene rings is 1. The summed E-state index contributed by atoms with van der Waals surface area (Å²) in [6.45, 7) is 2.38. The molecular formula is C16H19N3S. The van der Waals surface area contributed by atoms with Gasteiger partial charge in [0, 0.05) is 41.3 Å². The van der Waals surface area contributed by atoms with E-state index in [0.29, 0.717) is 12.1 Å². The summed E-state index contributed by atoms with van der Waals surface area (Å²) >= 11 is 1.93. The second kappa shape index (κ2) is 5.35. The number of rotatable bonds is 2. The third-order valence-corrected chi connectivity index (χ3v) is 5.67. The molecule has 0 aliphatic carbocycles. The standard InChI is InChI=1S/C16H19N3S/c1-3-12-11-17-9-6-13(12)16(5-1)20-19-10-7-14-15(19)4-2-8-18-14/h1,3,5-6,9,11,14-15,18H,2,4,7-8,10H2. The number of hydrogen-bond donors (Lipinski definition) is 1. The molecule has 4 heteroatoms. The highest BCUT2D eigenvalue weighted by Gasteiger charge is 2.36. The van der Waals surface area contributed by atoms with Crippen LogP contribution in [0.1, 0.15) is 19.3 Å². The molecule has 0 radical (unpaired) electrons. The van der Waals surface area contributed by atoms with Gasteiger partial charge in [0.15, 0.2) is 0 Å². The first-order valence-corrected chi connectivity index (χ1v) is 8.20. The Balaban J connectivity index is 1.61. The molecule has 2 fully saturated rings. The van der Waals surface area contributed by atoms with E-state index in [1.54, 1.807) is 0 Å². The number of aromatic nitrogens is 1. The van der Waals surface area contributed by atoms with Crippen molar-refractivity contribution in [1.29, 1.82) is 0 Å². The minimum absolute atomic E-state index is 0.700. The van der Waals surface area contributed by atoms with Gasteiger partial charge < -0.3 is 5.32 Å². The van der Waals surface area contributed by atoms with Crippen LogP contribution in [0.4, 0.5) is 0 Å². The van der Waals surface area contributed by atoms with Gasteiger partial charge in [-0.05, 0) is 55.3 Å². The topological polar surface area (TPSA) is 28.2 Å². The van der Waals surface area contributed by atoms with E-state index in [0.717, 1.165) is 0 Å². The Hall–Kier alpha value is -1.10. The van der Waals surface area contributed by atoms with Crippen LogP contribution < -0.4 is 5.32 Å². The smallest absolute Gasteiger partial charge is 0.0360 e. The Morgan fingerprint density at radius 1 is 1.25 bits per heavy atom. The van der Waals surface area contributed by atoms with E-state index < -0.39 is 0 Å². The Labute approximate surface area is 123 Å². The van der Waals surface area contributed by atoms with E-state index >= 15 is 0 Å². The van der Waals surface area contributed by atoms with Crippen molar-refractivity contribution in [2.24, 2.45) is 0 Å². The lowest BCUT2D eigenvalue weighted by Crippen LogP contribution is -2.44. The average molecular weight is 285 g/mol. The lowest BCUT2D eigenvalue weighted by molar-refractivity contribution is 0.305. The van der Waals surface area contributed by atoms with Crippen LogP contribution in [0, 0.1) is 0 Å². The maximum Gasteiger partial charge on any atom is 0.0360 e. The van der Waals surface area contributed by atoms with Gasteiger partial charge in [-0.1, -0.05) is 12.1 Å². The highest BCUT2D eigenvalue weighted by molar-refractivity contribution is 7.97. The molecule has 4 rings (SSSR count). The predicted octanol–water partition coefficient (Wildman–Crippen LogP) is 3.07. The fourth-order valence-corrected chi connectivity index (χ4v) is 4.68. The summed E-state index contributed by atoms with van der Waals surface area (Å²) in [5.74, 6) is 0. The van der Waals surface area contributed by atoms with E-state index in [4.69, 9.17) is 0 Å². The maximum atomic E-state index is 4.22. The quantitative estimate of drug-likeness (QED) is 0.858. The van der Waals surface area contributed by atoms with Gasteiger partial charge in [-0.2, -0.15) is 0 Å². The normalized spacial score (nSPS) is 26.8. The minimum Gasteiger partial charge on any atom is -0.312 e. The minimum atomic E-state index is 0.700.